The Labute approximate surface area is 76.9 Å². The first-order valence-corrected chi connectivity index (χ1v) is 2.30. The van der Waals surface area contributed by atoms with Crippen LogP contribution < -0.4 is 17.0 Å². The van der Waals surface area contributed by atoms with Crippen LogP contribution in [-0.2, 0) is 0 Å². The average molecular weight is 196 g/mol. The third-order valence-electron chi connectivity index (χ3n) is 0.384. The Morgan fingerprint density at radius 1 is 1.43 bits per heavy atom. The largest absolute Gasteiger partial charge is 2.00 e. The van der Waals surface area contributed by atoms with Crippen LogP contribution in [0.4, 0.5) is 0 Å². The molecule has 7 heavy (non-hydrogen) atoms. The molecule has 0 aromatic rings. The molecule has 0 aromatic heterocycles. The molecule has 0 atom stereocenters. The zero-order valence-corrected chi connectivity index (χ0v) is 8.05. The van der Waals surface area contributed by atoms with Crippen LogP contribution in [0.2, 0.25) is 0 Å². The SMILES string of the molecule is [Br-].[CH2-]CCCCl.[Mg+2]. The quantitative estimate of drug-likeness (QED) is 0.285. The molecule has 0 nitrogen and oxygen atoms in total. The molecular formula is C4H8BrClMg. The molecule has 0 rings (SSSR count). The molecule has 0 aliphatic carbocycles. The van der Waals surface area contributed by atoms with E-state index in [9.17, 15) is 0 Å². The molecule has 0 fully saturated rings. The fourth-order valence-electron chi connectivity index (χ4n) is 0.0945. The Kier molecular flexibility index (Phi) is 35.4. The van der Waals surface area contributed by atoms with E-state index < -0.39 is 0 Å². The van der Waals surface area contributed by atoms with E-state index in [1.54, 1.807) is 0 Å². The summed E-state index contributed by atoms with van der Waals surface area (Å²) < 4.78 is 0. The van der Waals surface area contributed by atoms with Gasteiger partial charge in [-0.1, -0.05) is 6.42 Å². The summed E-state index contributed by atoms with van der Waals surface area (Å²) in [6, 6.07) is 0. The fourth-order valence-corrected chi connectivity index (χ4v) is 0.283. The van der Waals surface area contributed by atoms with Crippen LogP contribution in [0.1, 0.15) is 12.8 Å². The summed E-state index contributed by atoms with van der Waals surface area (Å²) in [5.74, 6) is 0.753. The van der Waals surface area contributed by atoms with Crippen molar-refractivity contribution >= 4 is 34.7 Å². The number of rotatable bonds is 2. The molecule has 0 aliphatic heterocycles. The van der Waals surface area contributed by atoms with Gasteiger partial charge in [0.05, 0.1) is 0 Å². The molecule has 0 aliphatic rings. The predicted octanol–water partition coefficient (Wildman–Crippen LogP) is -1.54. The summed E-state index contributed by atoms with van der Waals surface area (Å²) in [6.45, 7) is 3.59. The van der Waals surface area contributed by atoms with E-state index in [1.165, 1.54) is 0 Å². The van der Waals surface area contributed by atoms with Crippen molar-refractivity contribution < 1.29 is 17.0 Å². The van der Waals surface area contributed by atoms with Crippen LogP contribution in [-0.4, -0.2) is 28.9 Å². The van der Waals surface area contributed by atoms with Crippen molar-refractivity contribution in [3.8, 4) is 0 Å². The van der Waals surface area contributed by atoms with Gasteiger partial charge in [0, 0.05) is 5.88 Å². The number of unbranched alkanes of at least 4 members (excludes halogenated alkanes) is 1. The van der Waals surface area contributed by atoms with E-state index in [1.807, 2.05) is 0 Å². The summed E-state index contributed by atoms with van der Waals surface area (Å²) in [4.78, 5) is 0. The number of hydrogen-bond donors (Lipinski definition) is 0. The minimum atomic E-state index is 0. The van der Waals surface area contributed by atoms with Crippen LogP contribution in [0, 0.1) is 6.92 Å². The standard InChI is InChI=1S/C4H8Cl.BrH.Mg/c1-2-3-4-5;;/h1-4H2;1H;/q-1;;+2/p-1. The normalized spacial score (nSPS) is 6.00. The Hall–Kier alpha value is 1.54. The smallest absolute Gasteiger partial charge is 1.00 e. The summed E-state index contributed by atoms with van der Waals surface area (Å²) >= 11 is 5.26. The van der Waals surface area contributed by atoms with Crippen molar-refractivity contribution in [1.82, 2.24) is 0 Å². The molecule has 0 spiro atoms. The first kappa shape index (κ1) is 15.8. The second-order valence-electron chi connectivity index (χ2n) is 0.896. The molecule has 0 heterocycles. The molecule has 3 heteroatoms. The summed E-state index contributed by atoms with van der Waals surface area (Å²) in [6.07, 6.45) is 2.01. The minimum absolute atomic E-state index is 0. The molecule has 0 bridgehead atoms. The van der Waals surface area contributed by atoms with Crippen molar-refractivity contribution in [2.75, 3.05) is 5.88 Å². The third kappa shape index (κ3) is 18.5. The van der Waals surface area contributed by atoms with E-state index in [-0.39, 0.29) is 40.0 Å². The molecule has 40 valence electrons. The Morgan fingerprint density at radius 2 is 1.86 bits per heavy atom. The van der Waals surface area contributed by atoms with Crippen molar-refractivity contribution in [2.45, 2.75) is 12.8 Å². The molecule has 0 amide bonds. The summed E-state index contributed by atoms with van der Waals surface area (Å²) in [7, 11) is 0. The van der Waals surface area contributed by atoms with Crippen molar-refractivity contribution in [3.05, 3.63) is 6.92 Å². The molecule has 0 saturated carbocycles. The number of halogens is 2. The van der Waals surface area contributed by atoms with E-state index >= 15 is 0 Å². The van der Waals surface area contributed by atoms with E-state index in [0.29, 0.717) is 0 Å². The van der Waals surface area contributed by atoms with Gasteiger partial charge in [-0.15, -0.1) is 11.6 Å². The number of alkyl halides is 1. The number of hydrogen-bond acceptors (Lipinski definition) is 0. The van der Waals surface area contributed by atoms with Gasteiger partial charge in [-0.2, -0.15) is 6.42 Å². The Morgan fingerprint density at radius 3 is 1.86 bits per heavy atom. The Balaban J connectivity index is -0.0000000800. The van der Waals surface area contributed by atoms with E-state index in [2.05, 4.69) is 6.92 Å². The fraction of sp³-hybridized carbons (Fsp3) is 0.750. The third-order valence-corrected chi connectivity index (χ3v) is 0.651. The van der Waals surface area contributed by atoms with Crippen LogP contribution >= 0.6 is 11.6 Å². The summed E-state index contributed by atoms with van der Waals surface area (Å²) in [5.41, 5.74) is 0. The van der Waals surface area contributed by atoms with Gasteiger partial charge in [-0.3, -0.25) is 0 Å². The minimum Gasteiger partial charge on any atom is -1.00 e. The first-order valence-electron chi connectivity index (χ1n) is 1.77. The molecule has 0 N–H and O–H groups in total. The molecule has 0 radical (unpaired) electrons. The maximum absolute atomic E-state index is 5.26. The maximum atomic E-state index is 5.26. The molecule has 0 unspecified atom stereocenters. The van der Waals surface area contributed by atoms with Gasteiger partial charge in [0.1, 0.15) is 0 Å². The van der Waals surface area contributed by atoms with E-state index in [4.69, 9.17) is 11.6 Å². The van der Waals surface area contributed by atoms with Gasteiger partial charge >= 0.3 is 23.1 Å². The van der Waals surface area contributed by atoms with Gasteiger partial charge in [-0.05, 0) is 0 Å². The first-order chi connectivity index (χ1) is 2.41. The molecule has 0 saturated heterocycles. The Bertz CT molecular complexity index is 19.2. The second-order valence-corrected chi connectivity index (χ2v) is 1.27. The van der Waals surface area contributed by atoms with E-state index in [0.717, 1.165) is 18.7 Å². The second kappa shape index (κ2) is 15.6. The summed E-state index contributed by atoms with van der Waals surface area (Å²) in [5, 5.41) is 0. The van der Waals surface area contributed by atoms with Gasteiger partial charge in [0.25, 0.3) is 0 Å². The van der Waals surface area contributed by atoms with Gasteiger partial charge in [0.15, 0.2) is 0 Å². The van der Waals surface area contributed by atoms with Crippen LogP contribution in [0.5, 0.6) is 0 Å². The van der Waals surface area contributed by atoms with Crippen molar-refractivity contribution in [1.29, 1.82) is 0 Å². The maximum Gasteiger partial charge on any atom is 2.00 e. The van der Waals surface area contributed by atoms with Crippen molar-refractivity contribution in [2.24, 2.45) is 0 Å². The zero-order valence-electron chi connectivity index (χ0n) is 4.29. The van der Waals surface area contributed by atoms with Gasteiger partial charge in [0.2, 0.25) is 0 Å². The topological polar surface area (TPSA) is 0 Å². The van der Waals surface area contributed by atoms with Crippen LogP contribution in [0.3, 0.4) is 0 Å². The predicted molar refractivity (Wildman–Crippen MR) is 31.1 cm³/mol. The molecule has 0 aromatic carbocycles. The average Bonchev–Trinajstić information content (AvgIpc) is 1.41. The van der Waals surface area contributed by atoms with Crippen LogP contribution in [0.15, 0.2) is 0 Å². The zero-order chi connectivity index (χ0) is 4.12. The van der Waals surface area contributed by atoms with Crippen LogP contribution in [0.25, 0.3) is 0 Å². The van der Waals surface area contributed by atoms with Gasteiger partial charge in [-0.25, -0.2) is 0 Å². The van der Waals surface area contributed by atoms with Gasteiger partial charge < -0.3 is 23.9 Å². The van der Waals surface area contributed by atoms with Crippen molar-refractivity contribution in [3.63, 3.8) is 0 Å². The molecular weight excluding hydrogens is 188 g/mol. The monoisotopic (exact) mass is 194 g/mol.